The van der Waals surface area contributed by atoms with E-state index < -0.39 is 5.54 Å². The van der Waals surface area contributed by atoms with Crippen molar-refractivity contribution in [3.05, 3.63) is 29.8 Å². The molecule has 1 fully saturated rings. The second kappa shape index (κ2) is 4.85. The van der Waals surface area contributed by atoms with Crippen LogP contribution in [0.5, 0.6) is 0 Å². The van der Waals surface area contributed by atoms with E-state index in [1.165, 1.54) is 0 Å². The van der Waals surface area contributed by atoms with E-state index in [-0.39, 0.29) is 11.9 Å². The summed E-state index contributed by atoms with van der Waals surface area (Å²) < 4.78 is 0. The Morgan fingerprint density at radius 3 is 2.53 bits per heavy atom. The zero-order chi connectivity index (χ0) is 14.2. The fourth-order valence-corrected chi connectivity index (χ4v) is 2.75. The average molecular weight is 261 g/mol. The fraction of sp³-hybridized carbons (Fsp3) is 0.533. The molecule has 0 saturated carbocycles. The van der Waals surface area contributed by atoms with Crippen LogP contribution in [0.1, 0.15) is 32.4 Å². The van der Waals surface area contributed by atoms with Gasteiger partial charge < -0.3 is 15.5 Å². The Morgan fingerprint density at radius 2 is 1.89 bits per heavy atom. The van der Waals surface area contributed by atoms with Gasteiger partial charge in [-0.3, -0.25) is 4.79 Å². The summed E-state index contributed by atoms with van der Waals surface area (Å²) >= 11 is 0. The zero-order valence-corrected chi connectivity index (χ0v) is 12.2. The lowest BCUT2D eigenvalue weighted by Gasteiger charge is -2.47. The molecule has 1 aliphatic heterocycles. The van der Waals surface area contributed by atoms with Crippen molar-refractivity contribution < 1.29 is 4.79 Å². The van der Waals surface area contributed by atoms with Crippen LogP contribution in [0.25, 0.3) is 0 Å². The number of amides is 1. The molecule has 1 heterocycles. The minimum Gasteiger partial charge on any atom is -0.355 e. The van der Waals surface area contributed by atoms with Crippen molar-refractivity contribution in [1.29, 1.82) is 0 Å². The average Bonchev–Trinajstić information content (AvgIpc) is 2.36. The number of nitrogens with zero attached hydrogens (tertiary/aromatic N) is 2. The maximum absolute atomic E-state index is 12.4. The molecule has 1 saturated heterocycles. The van der Waals surface area contributed by atoms with Crippen LogP contribution >= 0.6 is 0 Å². The molecular formula is C15H23N3O. The highest BCUT2D eigenvalue weighted by molar-refractivity contribution is 5.90. The largest absolute Gasteiger partial charge is 0.355 e. The monoisotopic (exact) mass is 261 g/mol. The standard InChI is InChI=1S/C15H23N3O/c1-11(16)12-7-5-6-8-13(12)18-10-9-17(4)14(19)15(18,2)3/h5-8,11H,9-10,16H2,1-4H3/t11-/m1/s1. The molecule has 2 rings (SSSR count). The molecule has 2 N–H and O–H groups in total. The van der Waals surface area contributed by atoms with E-state index in [0.29, 0.717) is 0 Å². The van der Waals surface area contributed by atoms with Crippen LogP contribution in [-0.4, -0.2) is 36.5 Å². The molecule has 0 spiro atoms. The van der Waals surface area contributed by atoms with Gasteiger partial charge in [0, 0.05) is 31.9 Å². The first-order valence-electron chi connectivity index (χ1n) is 6.73. The number of hydrogen-bond donors (Lipinski definition) is 1. The van der Waals surface area contributed by atoms with Crippen molar-refractivity contribution in [2.24, 2.45) is 5.73 Å². The Kier molecular flexibility index (Phi) is 3.54. The number of likely N-dealkylation sites (N-methyl/N-ethyl adjacent to an activating group) is 1. The number of piperazine rings is 1. The van der Waals surface area contributed by atoms with E-state index in [1.54, 1.807) is 4.90 Å². The molecule has 1 amide bonds. The van der Waals surface area contributed by atoms with Gasteiger partial charge in [0.05, 0.1) is 0 Å². The number of nitrogens with two attached hydrogens (primary N) is 1. The van der Waals surface area contributed by atoms with Crippen molar-refractivity contribution >= 4 is 11.6 Å². The normalized spacial score (nSPS) is 20.6. The first-order chi connectivity index (χ1) is 8.85. The maximum Gasteiger partial charge on any atom is 0.247 e. The van der Waals surface area contributed by atoms with Gasteiger partial charge in [0.25, 0.3) is 0 Å². The van der Waals surface area contributed by atoms with Crippen molar-refractivity contribution in [3.63, 3.8) is 0 Å². The van der Waals surface area contributed by atoms with E-state index in [1.807, 2.05) is 46.0 Å². The molecule has 0 unspecified atom stereocenters. The van der Waals surface area contributed by atoms with Gasteiger partial charge in [-0.05, 0) is 32.4 Å². The summed E-state index contributed by atoms with van der Waals surface area (Å²) in [6.07, 6.45) is 0. The first kappa shape index (κ1) is 13.9. The number of para-hydroxylation sites is 1. The third kappa shape index (κ3) is 2.32. The summed E-state index contributed by atoms with van der Waals surface area (Å²) in [4.78, 5) is 16.3. The van der Waals surface area contributed by atoms with E-state index in [0.717, 1.165) is 24.3 Å². The molecular weight excluding hydrogens is 238 g/mol. The van der Waals surface area contributed by atoms with Crippen molar-refractivity contribution in [2.75, 3.05) is 25.0 Å². The fourth-order valence-electron chi connectivity index (χ4n) is 2.75. The molecule has 0 radical (unpaired) electrons. The molecule has 0 bridgehead atoms. The quantitative estimate of drug-likeness (QED) is 0.882. The molecule has 19 heavy (non-hydrogen) atoms. The number of carbonyl (C=O) groups excluding carboxylic acids is 1. The summed E-state index contributed by atoms with van der Waals surface area (Å²) in [5.41, 5.74) is 7.68. The van der Waals surface area contributed by atoms with Crippen LogP contribution in [0.3, 0.4) is 0 Å². The lowest BCUT2D eigenvalue weighted by molar-refractivity contribution is -0.136. The molecule has 0 aromatic heterocycles. The maximum atomic E-state index is 12.4. The van der Waals surface area contributed by atoms with Crippen molar-refractivity contribution in [2.45, 2.75) is 32.4 Å². The summed E-state index contributed by atoms with van der Waals surface area (Å²) in [5, 5.41) is 0. The van der Waals surface area contributed by atoms with E-state index >= 15 is 0 Å². The molecule has 1 aromatic carbocycles. The van der Waals surface area contributed by atoms with Crippen LogP contribution in [-0.2, 0) is 4.79 Å². The Hall–Kier alpha value is -1.55. The van der Waals surface area contributed by atoms with Gasteiger partial charge in [-0.15, -0.1) is 0 Å². The van der Waals surface area contributed by atoms with Crippen LogP contribution in [0.4, 0.5) is 5.69 Å². The van der Waals surface area contributed by atoms with Crippen molar-refractivity contribution in [3.8, 4) is 0 Å². The molecule has 1 atom stereocenters. The van der Waals surface area contributed by atoms with Gasteiger partial charge in [0.15, 0.2) is 0 Å². The number of carbonyl (C=O) groups is 1. The second-order valence-electron chi connectivity index (χ2n) is 5.78. The van der Waals surface area contributed by atoms with E-state index in [2.05, 4.69) is 11.0 Å². The summed E-state index contributed by atoms with van der Waals surface area (Å²) in [6.45, 7) is 7.50. The second-order valence-corrected chi connectivity index (χ2v) is 5.78. The number of anilines is 1. The molecule has 1 aliphatic rings. The predicted octanol–water partition coefficient (Wildman–Crippen LogP) is 1.76. The first-order valence-corrected chi connectivity index (χ1v) is 6.73. The van der Waals surface area contributed by atoms with Gasteiger partial charge >= 0.3 is 0 Å². The number of benzene rings is 1. The minimum absolute atomic E-state index is 0.0400. The van der Waals surface area contributed by atoms with Crippen LogP contribution in [0, 0.1) is 0 Å². The topological polar surface area (TPSA) is 49.6 Å². The third-order valence-corrected chi connectivity index (χ3v) is 3.92. The minimum atomic E-state index is -0.530. The summed E-state index contributed by atoms with van der Waals surface area (Å²) in [5.74, 6) is 0.151. The molecule has 104 valence electrons. The van der Waals surface area contributed by atoms with Gasteiger partial charge in [0.1, 0.15) is 5.54 Å². The Balaban J connectivity index is 2.44. The highest BCUT2D eigenvalue weighted by Gasteiger charge is 2.41. The van der Waals surface area contributed by atoms with Gasteiger partial charge in [-0.1, -0.05) is 18.2 Å². The smallest absolute Gasteiger partial charge is 0.247 e. The lowest BCUT2D eigenvalue weighted by atomic mass is 9.94. The molecule has 4 heteroatoms. The zero-order valence-electron chi connectivity index (χ0n) is 12.2. The number of rotatable bonds is 2. The highest BCUT2D eigenvalue weighted by Crippen LogP contribution is 2.33. The molecule has 4 nitrogen and oxygen atoms in total. The lowest BCUT2D eigenvalue weighted by Crippen LogP contribution is -2.62. The Morgan fingerprint density at radius 1 is 1.26 bits per heavy atom. The van der Waals surface area contributed by atoms with Gasteiger partial charge in [0.2, 0.25) is 5.91 Å². The summed E-state index contributed by atoms with van der Waals surface area (Å²) in [7, 11) is 1.86. The van der Waals surface area contributed by atoms with Gasteiger partial charge in [-0.2, -0.15) is 0 Å². The van der Waals surface area contributed by atoms with Crippen LogP contribution in [0.15, 0.2) is 24.3 Å². The highest BCUT2D eigenvalue weighted by atomic mass is 16.2. The van der Waals surface area contributed by atoms with E-state index in [4.69, 9.17) is 5.73 Å². The molecule has 1 aromatic rings. The Bertz CT molecular complexity index is 482. The predicted molar refractivity (Wildman–Crippen MR) is 78.1 cm³/mol. The van der Waals surface area contributed by atoms with Crippen LogP contribution in [0.2, 0.25) is 0 Å². The van der Waals surface area contributed by atoms with Gasteiger partial charge in [-0.25, -0.2) is 0 Å². The Labute approximate surface area is 115 Å². The third-order valence-electron chi connectivity index (χ3n) is 3.92. The van der Waals surface area contributed by atoms with Crippen LogP contribution < -0.4 is 10.6 Å². The van der Waals surface area contributed by atoms with Crippen molar-refractivity contribution in [1.82, 2.24) is 4.90 Å². The summed E-state index contributed by atoms with van der Waals surface area (Å²) in [6, 6.07) is 8.05. The molecule has 0 aliphatic carbocycles. The SMILES string of the molecule is C[C@@H](N)c1ccccc1N1CCN(C)C(=O)C1(C)C. The number of hydrogen-bond acceptors (Lipinski definition) is 3. The van der Waals surface area contributed by atoms with E-state index in [9.17, 15) is 4.79 Å².